The molecular formula is C18H18N2O4. The zero-order chi connectivity index (χ0) is 17.2. The number of hydrogen-bond donors (Lipinski definition) is 1. The first-order valence-electron chi connectivity index (χ1n) is 7.81. The highest BCUT2D eigenvalue weighted by molar-refractivity contribution is 5.94. The third-order valence-electron chi connectivity index (χ3n) is 4.39. The molecule has 6 nitrogen and oxygen atoms in total. The van der Waals surface area contributed by atoms with Crippen LogP contribution in [-0.2, 0) is 5.60 Å². The Labute approximate surface area is 139 Å². The standard InChI is InChI=1S/C18H18N2O4/c21-17(14-7-9-16(10-8-14)20(23)24)19-12-4-11-18(22,13-19)15-5-2-1-3-6-15/h1-3,5-10,22H,4,11-13H2. The second-order valence-corrected chi connectivity index (χ2v) is 6.03. The largest absolute Gasteiger partial charge is 0.383 e. The quantitative estimate of drug-likeness (QED) is 0.694. The Morgan fingerprint density at radius 3 is 2.42 bits per heavy atom. The van der Waals surface area contributed by atoms with Gasteiger partial charge in [0.25, 0.3) is 11.6 Å². The number of carbonyl (C=O) groups is 1. The molecule has 0 spiro atoms. The normalized spacial score (nSPS) is 20.6. The number of nitro benzene ring substituents is 1. The number of rotatable bonds is 3. The van der Waals surface area contributed by atoms with Crippen LogP contribution in [0.5, 0.6) is 0 Å². The lowest BCUT2D eigenvalue weighted by atomic mass is 9.85. The number of non-ortho nitro benzene ring substituents is 1. The fourth-order valence-corrected chi connectivity index (χ4v) is 3.10. The zero-order valence-electron chi connectivity index (χ0n) is 13.1. The van der Waals surface area contributed by atoms with Crippen LogP contribution in [0.1, 0.15) is 28.8 Å². The third kappa shape index (κ3) is 3.14. The van der Waals surface area contributed by atoms with Crippen LogP contribution in [0.4, 0.5) is 5.69 Å². The summed E-state index contributed by atoms with van der Waals surface area (Å²) < 4.78 is 0. The van der Waals surface area contributed by atoms with Gasteiger partial charge in [-0.25, -0.2) is 0 Å². The van der Waals surface area contributed by atoms with Crippen LogP contribution < -0.4 is 0 Å². The van der Waals surface area contributed by atoms with E-state index in [1.807, 2.05) is 30.3 Å². The molecule has 1 fully saturated rings. The Morgan fingerprint density at radius 2 is 1.79 bits per heavy atom. The number of piperidine rings is 1. The van der Waals surface area contributed by atoms with Gasteiger partial charge in [0, 0.05) is 24.2 Å². The van der Waals surface area contributed by atoms with Gasteiger partial charge in [-0.3, -0.25) is 14.9 Å². The maximum absolute atomic E-state index is 12.6. The number of amides is 1. The Hall–Kier alpha value is -2.73. The molecule has 1 heterocycles. The van der Waals surface area contributed by atoms with Crippen LogP contribution >= 0.6 is 0 Å². The van der Waals surface area contributed by atoms with Crippen molar-refractivity contribution in [2.75, 3.05) is 13.1 Å². The first kappa shape index (κ1) is 16.1. The molecule has 1 aliphatic heterocycles. The minimum Gasteiger partial charge on any atom is -0.383 e. The smallest absolute Gasteiger partial charge is 0.269 e. The van der Waals surface area contributed by atoms with E-state index in [9.17, 15) is 20.0 Å². The molecule has 1 N–H and O–H groups in total. The van der Waals surface area contributed by atoms with Gasteiger partial charge < -0.3 is 10.0 Å². The maximum Gasteiger partial charge on any atom is 0.269 e. The molecular weight excluding hydrogens is 308 g/mol. The van der Waals surface area contributed by atoms with E-state index in [0.717, 1.165) is 5.56 Å². The van der Waals surface area contributed by atoms with E-state index >= 15 is 0 Å². The molecule has 1 saturated heterocycles. The highest BCUT2D eigenvalue weighted by atomic mass is 16.6. The fraction of sp³-hybridized carbons (Fsp3) is 0.278. The van der Waals surface area contributed by atoms with Crippen LogP contribution in [0.15, 0.2) is 54.6 Å². The molecule has 0 radical (unpaired) electrons. The highest BCUT2D eigenvalue weighted by Gasteiger charge is 2.36. The Balaban J connectivity index is 1.79. The zero-order valence-corrected chi connectivity index (χ0v) is 13.1. The SMILES string of the molecule is O=C(c1ccc([N+](=O)[O-])cc1)N1CCCC(O)(c2ccccc2)C1. The Kier molecular flexibility index (Phi) is 4.31. The molecule has 1 atom stereocenters. The van der Waals surface area contributed by atoms with Gasteiger partial charge >= 0.3 is 0 Å². The van der Waals surface area contributed by atoms with Crippen molar-refractivity contribution in [2.24, 2.45) is 0 Å². The van der Waals surface area contributed by atoms with Crippen molar-refractivity contribution in [3.8, 4) is 0 Å². The number of carbonyl (C=O) groups excluding carboxylic acids is 1. The molecule has 6 heteroatoms. The molecule has 24 heavy (non-hydrogen) atoms. The van der Waals surface area contributed by atoms with Gasteiger partial charge in [0.15, 0.2) is 0 Å². The molecule has 2 aromatic carbocycles. The first-order valence-corrected chi connectivity index (χ1v) is 7.81. The summed E-state index contributed by atoms with van der Waals surface area (Å²) in [6, 6.07) is 14.9. The monoisotopic (exact) mass is 326 g/mol. The summed E-state index contributed by atoms with van der Waals surface area (Å²) in [6.45, 7) is 0.776. The minimum atomic E-state index is -1.06. The van der Waals surface area contributed by atoms with Crippen LogP contribution in [0.2, 0.25) is 0 Å². The average Bonchev–Trinajstić information content (AvgIpc) is 2.62. The van der Waals surface area contributed by atoms with Crippen molar-refractivity contribution in [3.05, 3.63) is 75.8 Å². The number of likely N-dealkylation sites (tertiary alicyclic amines) is 1. The number of β-amino-alcohol motifs (C(OH)–C–C–N with tert-alkyl or cyclic N) is 1. The summed E-state index contributed by atoms with van der Waals surface area (Å²) in [4.78, 5) is 24.5. The molecule has 0 bridgehead atoms. The van der Waals surface area contributed by atoms with Crippen molar-refractivity contribution in [1.82, 2.24) is 4.90 Å². The van der Waals surface area contributed by atoms with Crippen molar-refractivity contribution in [2.45, 2.75) is 18.4 Å². The van der Waals surface area contributed by atoms with Gasteiger partial charge in [-0.05, 0) is 30.5 Å². The summed E-state index contributed by atoms with van der Waals surface area (Å²) >= 11 is 0. The second kappa shape index (κ2) is 6.41. The van der Waals surface area contributed by atoms with Crippen LogP contribution in [0, 0.1) is 10.1 Å². The average molecular weight is 326 g/mol. The lowest BCUT2D eigenvalue weighted by Gasteiger charge is -2.39. The summed E-state index contributed by atoms with van der Waals surface area (Å²) in [6.07, 6.45) is 1.30. The lowest BCUT2D eigenvalue weighted by molar-refractivity contribution is -0.384. The molecule has 1 unspecified atom stereocenters. The summed E-state index contributed by atoms with van der Waals surface area (Å²) in [5, 5.41) is 21.6. The van der Waals surface area contributed by atoms with Gasteiger partial charge in [0.05, 0.1) is 11.5 Å². The molecule has 0 aromatic heterocycles. The van der Waals surface area contributed by atoms with Gasteiger partial charge in [0.1, 0.15) is 5.60 Å². The molecule has 3 rings (SSSR count). The first-order chi connectivity index (χ1) is 11.5. The number of nitrogens with zero attached hydrogens (tertiary/aromatic N) is 2. The van der Waals surface area contributed by atoms with E-state index < -0.39 is 10.5 Å². The summed E-state index contributed by atoms with van der Waals surface area (Å²) in [7, 11) is 0. The van der Waals surface area contributed by atoms with Crippen LogP contribution in [-0.4, -0.2) is 33.9 Å². The van der Waals surface area contributed by atoms with Crippen LogP contribution in [0.3, 0.4) is 0 Å². The van der Waals surface area contributed by atoms with E-state index in [2.05, 4.69) is 0 Å². The molecule has 1 aliphatic rings. The molecule has 1 amide bonds. The van der Waals surface area contributed by atoms with E-state index in [-0.39, 0.29) is 18.1 Å². The number of benzene rings is 2. The predicted octanol–water partition coefficient (Wildman–Crippen LogP) is 2.72. The fourth-order valence-electron chi connectivity index (χ4n) is 3.10. The van der Waals surface area contributed by atoms with Crippen molar-refractivity contribution < 1.29 is 14.8 Å². The van der Waals surface area contributed by atoms with E-state index in [0.29, 0.717) is 24.9 Å². The topological polar surface area (TPSA) is 83.7 Å². The third-order valence-corrected chi connectivity index (χ3v) is 4.39. The van der Waals surface area contributed by atoms with E-state index in [4.69, 9.17) is 0 Å². The summed E-state index contributed by atoms with van der Waals surface area (Å²) in [5.41, 5.74) is 0.0748. The van der Waals surface area contributed by atoms with Gasteiger partial charge in [-0.1, -0.05) is 30.3 Å². The van der Waals surface area contributed by atoms with E-state index in [1.54, 1.807) is 4.90 Å². The number of aliphatic hydroxyl groups is 1. The van der Waals surface area contributed by atoms with Gasteiger partial charge in [-0.2, -0.15) is 0 Å². The molecule has 124 valence electrons. The number of nitro groups is 1. The molecule has 2 aromatic rings. The Bertz CT molecular complexity index is 745. The second-order valence-electron chi connectivity index (χ2n) is 6.03. The molecule has 0 saturated carbocycles. The van der Waals surface area contributed by atoms with Gasteiger partial charge in [0.2, 0.25) is 0 Å². The van der Waals surface area contributed by atoms with Crippen molar-refractivity contribution in [3.63, 3.8) is 0 Å². The van der Waals surface area contributed by atoms with E-state index in [1.165, 1.54) is 24.3 Å². The highest BCUT2D eigenvalue weighted by Crippen LogP contribution is 2.32. The molecule has 0 aliphatic carbocycles. The van der Waals surface area contributed by atoms with Gasteiger partial charge in [-0.15, -0.1) is 0 Å². The Morgan fingerprint density at radius 1 is 1.12 bits per heavy atom. The minimum absolute atomic E-state index is 0.0500. The number of hydrogen-bond acceptors (Lipinski definition) is 4. The van der Waals surface area contributed by atoms with Crippen LogP contribution in [0.25, 0.3) is 0 Å². The lowest BCUT2D eigenvalue weighted by Crippen LogP contribution is -2.48. The summed E-state index contributed by atoms with van der Waals surface area (Å²) in [5.74, 6) is -0.223. The van der Waals surface area contributed by atoms with Crippen molar-refractivity contribution >= 4 is 11.6 Å². The maximum atomic E-state index is 12.6. The van der Waals surface area contributed by atoms with Crippen molar-refractivity contribution in [1.29, 1.82) is 0 Å². The predicted molar refractivity (Wildman–Crippen MR) is 88.6 cm³/mol.